The first kappa shape index (κ1) is 13.3. The number of anilines is 1. The highest BCUT2D eigenvalue weighted by atomic mass is 16.5. The van der Waals surface area contributed by atoms with Gasteiger partial charge in [-0.25, -0.2) is 4.98 Å². The van der Waals surface area contributed by atoms with E-state index >= 15 is 0 Å². The average Bonchev–Trinajstić information content (AvgIpc) is 2.36. The Balaban J connectivity index is 2.27. The first-order chi connectivity index (χ1) is 8.53. The molecule has 1 saturated heterocycles. The SMILES string of the molecule is CNC(C)c1cccnc1N1CCOC(C)(C)C1. The molecule has 4 nitrogen and oxygen atoms in total. The van der Waals surface area contributed by atoms with Gasteiger partial charge in [0.05, 0.1) is 12.2 Å². The Labute approximate surface area is 109 Å². The Morgan fingerprint density at radius 1 is 1.50 bits per heavy atom. The Bertz CT molecular complexity index is 406. The number of rotatable bonds is 3. The molecule has 1 aromatic heterocycles. The third-order valence-corrected chi connectivity index (χ3v) is 3.44. The summed E-state index contributed by atoms with van der Waals surface area (Å²) in [7, 11) is 1.98. The molecule has 1 unspecified atom stereocenters. The van der Waals surface area contributed by atoms with Crippen LogP contribution in [0.3, 0.4) is 0 Å². The highest BCUT2D eigenvalue weighted by Crippen LogP contribution is 2.27. The summed E-state index contributed by atoms with van der Waals surface area (Å²) in [5, 5.41) is 3.28. The minimum Gasteiger partial charge on any atom is -0.372 e. The number of nitrogens with zero attached hydrogens (tertiary/aromatic N) is 2. The van der Waals surface area contributed by atoms with Crippen molar-refractivity contribution in [1.82, 2.24) is 10.3 Å². The monoisotopic (exact) mass is 249 g/mol. The molecule has 0 saturated carbocycles. The number of aromatic nitrogens is 1. The Morgan fingerprint density at radius 2 is 2.28 bits per heavy atom. The van der Waals surface area contributed by atoms with Crippen LogP contribution < -0.4 is 10.2 Å². The molecule has 2 rings (SSSR count). The minimum absolute atomic E-state index is 0.101. The first-order valence-electron chi connectivity index (χ1n) is 6.54. The van der Waals surface area contributed by atoms with Gasteiger partial charge < -0.3 is 15.0 Å². The smallest absolute Gasteiger partial charge is 0.133 e. The van der Waals surface area contributed by atoms with Gasteiger partial charge in [-0.15, -0.1) is 0 Å². The molecule has 0 amide bonds. The van der Waals surface area contributed by atoms with Crippen molar-refractivity contribution in [3.63, 3.8) is 0 Å². The van der Waals surface area contributed by atoms with Gasteiger partial charge in [0.25, 0.3) is 0 Å². The minimum atomic E-state index is -0.101. The predicted molar refractivity (Wildman–Crippen MR) is 74.0 cm³/mol. The molecule has 18 heavy (non-hydrogen) atoms. The van der Waals surface area contributed by atoms with Crippen LogP contribution in [-0.2, 0) is 4.74 Å². The number of ether oxygens (including phenoxy) is 1. The molecule has 0 spiro atoms. The summed E-state index contributed by atoms with van der Waals surface area (Å²) in [6, 6.07) is 4.45. The lowest BCUT2D eigenvalue weighted by molar-refractivity contribution is -0.0279. The van der Waals surface area contributed by atoms with Crippen LogP contribution >= 0.6 is 0 Å². The van der Waals surface area contributed by atoms with Gasteiger partial charge in [0.1, 0.15) is 5.82 Å². The lowest BCUT2D eigenvalue weighted by Crippen LogP contribution is -2.49. The lowest BCUT2D eigenvalue weighted by Gasteiger charge is -2.39. The van der Waals surface area contributed by atoms with Crippen LogP contribution in [-0.4, -0.2) is 37.3 Å². The highest BCUT2D eigenvalue weighted by Gasteiger charge is 2.29. The summed E-state index contributed by atoms with van der Waals surface area (Å²) in [5.74, 6) is 1.08. The van der Waals surface area contributed by atoms with Crippen LogP contribution in [0.4, 0.5) is 5.82 Å². The maximum absolute atomic E-state index is 5.76. The van der Waals surface area contributed by atoms with E-state index in [1.165, 1.54) is 5.56 Å². The van der Waals surface area contributed by atoms with Gasteiger partial charge in [-0.05, 0) is 33.9 Å². The largest absolute Gasteiger partial charge is 0.372 e. The van der Waals surface area contributed by atoms with Gasteiger partial charge in [0, 0.05) is 30.9 Å². The van der Waals surface area contributed by atoms with Crippen LogP contribution in [0.2, 0.25) is 0 Å². The number of morpholine rings is 1. The molecule has 0 bridgehead atoms. The van der Waals surface area contributed by atoms with Crippen LogP contribution in [0.25, 0.3) is 0 Å². The molecule has 1 aliphatic rings. The van der Waals surface area contributed by atoms with E-state index in [4.69, 9.17) is 4.74 Å². The molecule has 0 aliphatic carbocycles. The van der Waals surface area contributed by atoms with E-state index in [1.54, 1.807) is 0 Å². The van der Waals surface area contributed by atoms with Crippen molar-refractivity contribution >= 4 is 5.82 Å². The Kier molecular flexibility index (Phi) is 3.88. The van der Waals surface area contributed by atoms with Crippen molar-refractivity contribution in [2.24, 2.45) is 0 Å². The number of nitrogens with one attached hydrogen (secondary N) is 1. The van der Waals surface area contributed by atoms with Gasteiger partial charge in [-0.3, -0.25) is 0 Å². The third-order valence-electron chi connectivity index (χ3n) is 3.44. The van der Waals surface area contributed by atoms with Crippen molar-refractivity contribution in [1.29, 1.82) is 0 Å². The van der Waals surface area contributed by atoms with Crippen molar-refractivity contribution in [3.8, 4) is 0 Å². The number of hydrogen-bond donors (Lipinski definition) is 1. The lowest BCUT2D eigenvalue weighted by atomic mass is 10.0. The molecular weight excluding hydrogens is 226 g/mol. The first-order valence-corrected chi connectivity index (χ1v) is 6.54. The van der Waals surface area contributed by atoms with Crippen molar-refractivity contribution in [2.45, 2.75) is 32.4 Å². The number of pyridine rings is 1. The van der Waals surface area contributed by atoms with Crippen LogP contribution in [0, 0.1) is 0 Å². The quantitative estimate of drug-likeness (QED) is 0.889. The zero-order chi connectivity index (χ0) is 13.2. The molecule has 1 aliphatic heterocycles. The standard InChI is InChI=1S/C14H23N3O/c1-11(15-4)12-6-5-7-16-13(12)17-8-9-18-14(2,3)10-17/h5-7,11,15H,8-10H2,1-4H3. The van der Waals surface area contributed by atoms with E-state index < -0.39 is 0 Å². The molecule has 4 heteroatoms. The van der Waals surface area contributed by atoms with Gasteiger partial charge in [0.15, 0.2) is 0 Å². The molecule has 0 radical (unpaired) electrons. The number of hydrogen-bond acceptors (Lipinski definition) is 4. The van der Waals surface area contributed by atoms with E-state index in [1.807, 2.05) is 19.3 Å². The van der Waals surface area contributed by atoms with E-state index in [-0.39, 0.29) is 5.60 Å². The molecule has 0 aromatic carbocycles. The molecule has 1 fully saturated rings. The van der Waals surface area contributed by atoms with E-state index in [2.05, 4.69) is 42.0 Å². The van der Waals surface area contributed by atoms with Crippen LogP contribution in [0.5, 0.6) is 0 Å². The third kappa shape index (κ3) is 2.82. The topological polar surface area (TPSA) is 37.4 Å². The molecular formula is C14H23N3O. The summed E-state index contributed by atoms with van der Waals surface area (Å²) in [5.41, 5.74) is 1.15. The summed E-state index contributed by atoms with van der Waals surface area (Å²) in [6.07, 6.45) is 1.86. The van der Waals surface area contributed by atoms with E-state index in [0.717, 1.165) is 25.5 Å². The van der Waals surface area contributed by atoms with E-state index in [0.29, 0.717) is 6.04 Å². The van der Waals surface area contributed by atoms with Gasteiger partial charge in [-0.2, -0.15) is 0 Å². The highest BCUT2D eigenvalue weighted by molar-refractivity contribution is 5.49. The van der Waals surface area contributed by atoms with Crippen molar-refractivity contribution < 1.29 is 4.74 Å². The fourth-order valence-electron chi connectivity index (χ4n) is 2.36. The second kappa shape index (κ2) is 5.24. The summed E-state index contributed by atoms with van der Waals surface area (Å²) in [6.45, 7) is 8.97. The molecule has 100 valence electrons. The van der Waals surface area contributed by atoms with Crippen LogP contribution in [0.15, 0.2) is 18.3 Å². The maximum Gasteiger partial charge on any atom is 0.133 e. The Hall–Kier alpha value is -1.13. The summed E-state index contributed by atoms with van der Waals surface area (Å²) >= 11 is 0. The zero-order valence-electron chi connectivity index (χ0n) is 11.7. The maximum atomic E-state index is 5.76. The average molecular weight is 249 g/mol. The van der Waals surface area contributed by atoms with Crippen molar-refractivity contribution in [3.05, 3.63) is 23.9 Å². The van der Waals surface area contributed by atoms with Crippen molar-refractivity contribution in [2.75, 3.05) is 31.6 Å². The normalized spacial score (nSPS) is 20.8. The molecule has 1 atom stereocenters. The van der Waals surface area contributed by atoms with Gasteiger partial charge in [-0.1, -0.05) is 6.07 Å². The molecule has 1 N–H and O–H groups in total. The molecule has 1 aromatic rings. The fourth-order valence-corrected chi connectivity index (χ4v) is 2.36. The Morgan fingerprint density at radius 3 is 2.94 bits per heavy atom. The summed E-state index contributed by atoms with van der Waals surface area (Å²) in [4.78, 5) is 6.89. The fraction of sp³-hybridized carbons (Fsp3) is 0.643. The zero-order valence-corrected chi connectivity index (χ0v) is 11.7. The summed E-state index contributed by atoms with van der Waals surface area (Å²) < 4.78 is 5.76. The molecule has 2 heterocycles. The van der Waals surface area contributed by atoms with Crippen LogP contribution in [0.1, 0.15) is 32.4 Å². The second-order valence-corrected chi connectivity index (χ2v) is 5.46. The van der Waals surface area contributed by atoms with E-state index in [9.17, 15) is 0 Å². The predicted octanol–water partition coefficient (Wildman–Crippen LogP) is 1.98. The van der Waals surface area contributed by atoms with Gasteiger partial charge >= 0.3 is 0 Å². The second-order valence-electron chi connectivity index (χ2n) is 5.46. The van der Waals surface area contributed by atoms with Gasteiger partial charge in [0.2, 0.25) is 0 Å².